The highest BCUT2D eigenvalue weighted by Gasteiger charge is 2.34. The first kappa shape index (κ1) is 24.8. The van der Waals surface area contributed by atoms with Gasteiger partial charge in [-0.15, -0.1) is 0 Å². The number of aliphatic carboxylic acids is 1. The molecule has 3 aliphatic rings. The van der Waals surface area contributed by atoms with Crippen LogP contribution in [0.25, 0.3) is 11.1 Å². The van der Waals surface area contributed by atoms with Crippen LogP contribution in [0.5, 0.6) is 17.2 Å². The number of hydrogen-bond acceptors (Lipinski definition) is 5. The van der Waals surface area contributed by atoms with Crippen LogP contribution in [0.3, 0.4) is 0 Å². The molecule has 1 fully saturated rings. The molecule has 2 heterocycles. The Morgan fingerprint density at radius 1 is 1.05 bits per heavy atom. The van der Waals surface area contributed by atoms with Crippen LogP contribution in [0.1, 0.15) is 59.6 Å². The molecule has 0 bridgehead atoms. The summed E-state index contributed by atoms with van der Waals surface area (Å²) in [6.45, 7) is 9.10. The van der Waals surface area contributed by atoms with Crippen molar-refractivity contribution in [1.29, 1.82) is 0 Å². The van der Waals surface area contributed by atoms with Gasteiger partial charge in [0.05, 0.1) is 32.8 Å². The summed E-state index contributed by atoms with van der Waals surface area (Å²) in [6, 6.07) is 16.6. The Morgan fingerprint density at radius 3 is 2.55 bits per heavy atom. The maximum Gasteiger partial charge on any atom is 0.304 e. The number of carboxylic acid groups (broad SMARTS) is 1. The highest BCUT2D eigenvalue weighted by atomic mass is 16.5. The van der Waals surface area contributed by atoms with E-state index in [-0.39, 0.29) is 23.9 Å². The first-order valence-corrected chi connectivity index (χ1v) is 13.4. The molecule has 198 valence electrons. The summed E-state index contributed by atoms with van der Waals surface area (Å²) < 4.78 is 23.8. The van der Waals surface area contributed by atoms with E-state index in [1.807, 2.05) is 18.2 Å². The zero-order valence-corrected chi connectivity index (χ0v) is 22.2. The second-order valence-corrected chi connectivity index (χ2v) is 11.3. The molecule has 6 rings (SSSR count). The number of carbonyl (C=O) groups is 1. The van der Waals surface area contributed by atoms with E-state index in [0.29, 0.717) is 13.2 Å². The molecule has 0 saturated carbocycles. The Hall–Kier alpha value is -3.51. The predicted octanol–water partition coefficient (Wildman–Crippen LogP) is 6.40. The average Bonchev–Trinajstić information content (AvgIpc) is 3.45. The zero-order valence-electron chi connectivity index (χ0n) is 22.2. The summed E-state index contributed by atoms with van der Waals surface area (Å²) in [5, 5.41) is 9.16. The number of carboxylic acids is 1. The third kappa shape index (κ3) is 4.62. The Labute approximate surface area is 223 Å². The van der Waals surface area contributed by atoms with Gasteiger partial charge in [-0.05, 0) is 78.3 Å². The summed E-state index contributed by atoms with van der Waals surface area (Å²) in [4.78, 5) is 11.2. The van der Waals surface area contributed by atoms with Crippen molar-refractivity contribution in [2.75, 3.05) is 26.4 Å². The van der Waals surface area contributed by atoms with E-state index >= 15 is 0 Å². The standard InChI is InChI=1S/C32H34O6/c1-19-11-23(37-18-32(3)16-35-17-32)12-20(2)31(19)27-6-4-5-26-25(27)9-10-28(26)38-22-7-8-24-21(13-30(33)34)15-36-29(24)14-22/h4-8,11-12,14,21,28H,9-10,13,15-18H2,1-3H3,(H,33,34). The number of rotatable bonds is 8. The van der Waals surface area contributed by atoms with Gasteiger partial charge in [0, 0.05) is 23.0 Å². The lowest BCUT2D eigenvalue weighted by Gasteiger charge is -2.37. The minimum absolute atomic E-state index is 0.0344. The minimum atomic E-state index is -0.809. The Kier molecular flexibility index (Phi) is 6.31. The van der Waals surface area contributed by atoms with Gasteiger partial charge < -0.3 is 24.1 Å². The molecule has 2 atom stereocenters. The largest absolute Gasteiger partial charge is 0.493 e. The fourth-order valence-corrected chi connectivity index (χ4v) is 6.07. The molecular weight excluding hydrogens is 480 g/mol. The van der Waals surface area contributed by atoms with E-state index in [1.54, 1.807) is 0 Å². The molecule has 6 heteroatoms. The average molecular weight is 515 g/mol. The Balaban J connectivity index is 1.22. The summed E-state index contributed by atoms with van der Waals surface area (Å²) in [7, 11) is 0. The number of benzene rings is 3. The van der Waals surface area contributed by atoms with Gasteiger partial charge in [0.15, 0.2) is 0 Å². The van der Waals surface area contributed by atoms with Gasteiger partial charge in [0.1, 0.15) is 23.4 Å². The number of hydrogen-bond donors (Lipinski definition) is 1. The molecule has 1 N–H and O–H groups in total. The van der Waals surface area contributed by atoms with Gasteiger partial charge in [-0.3, -0.25) is 4.79 Å². The fraction of sp³-hybridized carbons (Fsp3) is 0.406. The van der Waals surface area contributed by atoms with Crippen molar-refractivity contribution in [2.24, 2.45) is 5.41 Å². The van der Waals surface area contributed by atoms with Crippen LogP contribution >= 0.6 is 0 Å². The van der Waals surface area contributed by atoms with Crippen molar-refractivity contribution < 1.29 is 28.8 Å². The summed E-state index contributed by atoms with van der Waals surface area (Å²) in [5.74, 6) is 1.48. The van der Waals surface area contributed by atoms with Crippen LogP contribution in [0.2, 0.25) is 0 Å². The summed E-state index contributed by atoms with van der Waals surface area (Å²) in [6.07, 6.45) is 1.90. The third-order valence-corrected chi connectivity index (χ3v) is 8.04. The minimum Gasteiger partial charge on any atom is -0.493 e. The smallest absolute Gasteiger partial charge is 0.304 e. The van der Waals surface area contributed by atoms with Crippen LogP contribution < -0.4 is 14.2 Å². The lowest BCUT2D eigenvalue weighted by atomic mass is 9.89. The van der Waals surface area contributed by atoms with Gasteiger partial charge in [-0.25, -0.2) is 0 Å². The third-order valence-electron chi connectivity index (χ3n) is 8.04. The van der Waals surface area contributed by atoms with Crippen LogP contribution in [0.4, 0.5) is 0 Å². The molecule has 3 aromatic rings. The number of ether oxygens (including phenoxy) is 4. The Bertz CT molecular complexity index is 1370. The van der Waals surface area contributed by atoms with Gasteiger partial charge in [0.2, 0.25) is 0 Å². The van der Waals surface area contributed by atoms with Crippen molar-refractivity contribution >= 4 is 5.97 Å². The topological polar surface area (TPSA) is 74.2 Å². The molecule has 1 aliphatic carbocycles. The molecule has 1 saturated heterocycles. The number of aryl methyl sites for hydroxylation is 2. The molecule has 0 amide bonds. The van der Waals surface area contributed by atoms with Crippen molar-refractivity contribution in [3.63, 3.8) is 0 Å². The van der Waals surface area contributed by atoms with E-state index in [4.69, 9.17) is 24.1 Å². The van der Waals surface area contributed by atoms with E-state index in [2.05, 4.69) is 51.1 Å². The van der Waals surface area contributed by atoms with Gasteiger partial charge >= 0.3 is 5.97 Å². The lowest BCUT2D eigenvalue weighted by molar-refractivity contribution is -0.137. The summed E-state index contributed by atoms with van der Waals surface area (Å²) >= 11 is 0. The second kappa shape index (κ2) is 9.66. The highest BCUT2D eigenvalue weighted by Crippen LogP contribution is 2.44. The normalized spacial score (nSPS) is 20.7. The van der Waals surface area contributed by atoms with E-state index < -0.39 is 5.97 Å². The molecule has 0 spiro atoms. The van der Waals surface area contributed by atoms with Crippen LogP contribution in [-0.2, 0) is 16.0 Å². The van der Waals surface area contributed by atoms with Crippen LogP contribution in [0.15, 0.2) is 48.5 Å². The van der Waals surface area contributed by atoms with Crippen LogP contribution in [-0.4, -0.2) is 37.5 Å². The van der Waals surface area contributed by atoms with E-state index in [0.717, 1.165) is 48.9 Å². The molecule has 0 aromatic heterocycles. The lowest BCUT2D eigenvalue weighted by Crippen LogP contribution is -2.44. The molecule has 0 radical (unpaired) electrons. The van der Waals surface area contributed by atoms with Gasteiger partial charge in [-0.2, -0.15) is 0 Å². The molecule has 38 heavy (non-hydrogen) atoms. The molecular formula is C32H34O6. The molecule has 2 unspecified atom stereocenters. The van der Waals surface area contributed by atoms with E-state index in [1.165, 1.54) is 33.4 Å². The molecule has 2 aliphatic heterocycles. The highest BCUT2D eigenvalue weighted by molar-refractivity contribution is 5.76. The molecule has 3 aromatic carbocycles. The predicted molar refractivity (Wildman–Crippen MR) is 144 cm³/mol. The van der Waals surface area contributed by atoms with Crippen molar-refractivity contribution in [1.82, 2.24) is 0 Å². The van der Waals surface area contributed by atoms with Crippen LogP contribution in [0, 0.1) is 19.3 Å². The SMILES string of the molecule is Cc1cc(OCC2(C)COC2)cc(C)c1-c1cccc2c1CCC2Oc1ccc2c(c1)OCC2CC(=O)O. The van der Waals surface area contributed by atoms with Crippen molar-refractivity contribution in [3.8, 4) is 28.4 Å². The first-order valence-electron chi connectivity index (χ1n) is 13.4. The summed E-state index contributed by atoms with van der Waals surface area (Å²) in [5.41, 5.74) is 8.58. The quantitative estimate of drug-likeness (QED) is 0.375. The second-order valence-electron chi connectivity index (χ2n) is 11.3. The zero-order chi connectivity index (χ0) is 26.4. The first-order chi connectivity index (χ1) is 18.3. The maximum absolute atomic E-state index is 11.2. The molecule has 6 nitrogen and oxygen atoms in total. The number of fused-ring (bicyclic) bond motifs is 2. The Morgan fingerprint density at radius 2 is 1.84 bits per heavy atom. The van der Waals surface area contributed by atoms with Crippen molar-refractivity contribution in [3.05, 3.63) is 76.3 Å². The fourth-order valence-electron chi connectivity index (χ4n) is 6.07. The maximum atomic E-state index is 11.2. The van der Waals surface area contributed by atoms with Gasteiger partial charge in [-0.1, -0.05) is 31.2 Å². The van der Waals surface area contributed by atoms with Crippen molar-refractivity contribution in [2.45, 2.75) is 52.1 Å². The van der Waals surface area contributed by atoms with Gasteiger partial charge in [0.25, 0.3) is 0 Å². The monoisotopic (exact) mass is 514 g/mol. The van der Waals surface area contributed by atoms with E-state index in [9.17, 15) is 4.79 Å².